The Balaban J connectivity index is 1.40. The van der Waals surface area contributed by atoms with E-state index in [2.05, 4.69) is 0 Å². The van der Waals surface area contributed by atoms with Crippen LogP contribution >= 0.6 is 11.8 Å². The van der Waals surface area contributed by atoms with Gasteiger partial charge in [-0.3, -0.25) is 0 Å². The molecular weight excluding hydrogens is 578 g/mol. The van der Waals surface area contributed by atoms with Crippen LogP contribution < -0.4 is 5.73 Å². The molecule has 2 N–H and O–H groups in total. The van der Waals surface area contributed by atoms with Crippen molar-refractivity contribution in [2.24, 2.45) is 5.73 Å². The highest BCUT2D eigenvalue weighted by Crippen LogP contribution is 2.36. The van der Waals surface area contributed by atoms with E-state index in [0.29, 0.717) is 19.8 Å². The van der Waals surface area contributed by atoms with E-state index in [4.69, 9.17) is 38.9 Å². The summed E-state index contributed by atoms with van der Waals surface area (Å²) in [5.41, 5.74) is 9.52. The molecule has 0 bridgehead atoms. The molecule has 44 heavy (non-hydrogen) atoms. The summed E-state index contributed by atoms with van der Waals surface area (Å²) >= 11 is 1.59. The van der Waals surface area contributed by atoms with Gasteiger partial charge in [-0.2, -0.15) is 0 Å². The van der Waals surface area contributed by atoms with Crippen LogP contribution in [0, 0.1) is 0 Å². The summed E-state index contributed by atoms with van der Waals surface area (Å²) in [5, 5.41) is 0. The molecule has 10 atom stereocenters. The number of hydrogen-bond acceptors (Lipinski definition) is 9. The smallest absolute Gasteiger partial charge is 0.187 e. The third kappa shape index (κ3) is 8.28. The Morgan fingerprint density at radius 1 is 0.614 bits per heavy atom. The van der Waals surface area contributed by atoms with Crippen molar-refractivity contribution >= 4 is 11.8 Å². The number of rotatable bonds is 13. The Hall–Kier alpha value is -2.31. The van der Waals surface area contributed by atoms with Crippen molar-refractivity contribution in [3.05, 3.63) is 108 Å². The van der Waals surface area contributed by atoms with E-state index in [1.54, 1.807) is 18.9 Å². The average Bonchev–Trinajstić information content (AvgIpc) is 3.06. The molecule has 0 aliphatic carbocycles. The normalized spacial score (nSPS) is 32.4. The molecule has 0 radical (unpaired) electrons. The van der Waals surface area contributed by atoms with Crippen LogP contribution in [0.3, 0.4) is 0 Å². The van der Waals surface area contributed by atoms with Crippen molar-refractivity contribution in [1.29, 1.82) is 0 Å². The largest absolute Gasteiger partial charge is 0.373 e. The Labute approximate surface area is 265 Å². The monoisotopic (exact) mass is 623 g/mol. The van der Waals surface area contributed by atoms with Crippen molar-refractivity contribution in [1.82, 2.24) is 0 Å². The van der Waals surface area contributed by atoms with Gasteiger partial charge in [0, 0.05) is 7.11 Å². The van der Waals surface area contributed by atoms with E-state index >= 15 is 0 Å². The molecular formula is C35H45NO7S. The third-order valence-electron chi connectivity index (χ3n) is 8.24. The minimum atomic E-state index is -0.779. The first-order valence-electron chi connectivity index (χ1n) is 15.2. The van der Waals surface area contributed by atoms with Gasteiger partial charge in [0.1, 0.15) is 36.0 Å². The lowest BCUT2D eigenvalue weighted by Crippen LogP contribution is -2.65. The summed E-state index contributed by atoms with van der Waals surface area (Å²) in [6, 6.07) is 29.8. The highest BCUT2D eigenvalue weighted by molar-refractivity contribution is 7.99. The molecule has 2 heterocycles. The van der Waals surface area contributed by atoms with Crippen LogP contribution in [-0.4, -0.2) is 73.9 Å². The molecule has 0 amide bonds. The van der Waals surface area contributed by atoms with E-state index in [1.807, 2.05) is 111 Å². The van der Waals surface area contributed by atoms with Crippen molar-refractivity contribution in [3.8, 4) is 0 Å². The quantitative estimate of drug-likeness (QED) is 0.272. The molecule has 6 unspecified atom stereocenters. The molecule has 0 aromatic heterocycles. The van der Waals surface area contributed by atoms with Crippen LogP contribution in [0.15, 0.2) is 91.0 Å². The predicted molar refractivity (Wildman–Crippen MR) is 171 cm³/mol. The minimum absolute atomic E-state index is 0.271. The van der Waals surface area contributed by atoms with Crippen LogP contribution in [0.2, 0.25) is 0 Å². The molecule has 3 aromatic rings. The molecule has 8 nitrogen and oxygen atoms in total. The SMILES string of the molecule is COC1C(OCc2ccccc2)[C@H](N)C(C)O[C@H]1OC1C(OCc2ccccc2)[C@H](SC)OC(C)[C@@H]1OCc1ccccc1. The molecule has 5 rings (SSSR count). The highest BCUT2D eigenvalue weighted by atomic mass is 32.2. The number of thioether (sulfide) groups is 1. The number of benzene rings is 3. The second kappa shape index (κ2) is 16.3. The van der Waals surface area contributed by atoms with Gasteiger partial charge >= 0.3 is 0 Å². The maximum Gasteiger partial charge on any atom is 0.187 e. The molecule has 238 valence electrons. The Kier molecular flexibility index (Phi) is 12.3. The molecule has 2 aliphatic heterocycles. The van der Waals surface area contributed by atoms with E-state index < -0.39 is 42.9 Å². The van der Waals surface area contributed by atoms with Crippen LogP contribution in [0.4, 0.5) is 0 Å². The van der Waals surface area contributed by atoms with Crippen LogP contribution in [0.25, 0.3) is 0 Å². The van der Waals surface area contributed by atoms with Crippen LogP contribution in [0.5, 0.6) is 0 Å². The van der Waals surface area contributed by atoms with Gasteiger partial charge in [-0.15, -0.1) is 11.8 Å². The van der Waals surface area contributed by atoms with Crippen molar-refractivity contribution < 1.29 is 33.2 Å². The first-order chi connectivity index (χ1) is 21.5. The summed E-state index contributed by atoms with van der Waals surface area (Å²) in [4.78, 5) is 0. The minimum Gasteiger partial charge on any atom is -0.373 e. The summed E-state index contributed by atoms with van der Waals surface area (Å²) in [5.74, 6) is 0. The van der Waals surface area contributed by atoms with E-state index in [9.17, 15) is 0 Å². The van der Waals surface area contributed by atoms with Crippen molar-refractivity contribution in [2.75, 3.05) is 13.4 Å². The van der Waals surface area contributed by atoms with Gasteiger partial charge in [-0.05, 0) is 36.8 Å². The zero-order chi connectivity index (χ0) is 30.9. The van der Waals surface area contributed by atoms with Crippen molar-refractivity contribution in [2.45, 2.75) is 94.2 Å². The lowest BCUT2D eigenvalue weighted by Gasteiger charge is -2.49. The fourth-order valence-electron chi connectivity index (χ4n) is 5.76. The van der Waals surface area contributed by atoms with E-state index in [0.717, 1.165) is 16.7 Å². The maximum absolute atomic E-state index is 6.92. The molecule has 0 saturated carbocycles. The fourth-order valence-corrected chi connectivity index (χ4v) is 6.55. The summed E-state index contributed by atoms with van der Waals surface area (Å²) < 4.78 is 45.4. The Morgan fingerprint density at radius 3 is 1.57 bits per heavy atom. The van der Waals surface area contributed by atoms with Crippen LogP contribution in [0.1, 0.15) is 30.5 Å². The second-order valence-corrected chi connectivity index (χ2v) is 12.3. The molecule has 2 fully saturated rings. The Bertz CT molecular complexity index is 1240. The summed E-state index contributed by atoms with van der Waals surface area (Å²) in [6.07, 6.45) is -1.87. The number of ether oxygens (including phenoxy) is 7. The van der Waals surface area contributed by atoms with Gasteiger partial charge in [0.15, 0.2) is 6.29 Å². The predicted octanol–water partition coefficient (Wildman–Crippen LogP) is 5.32. The molecule has 2 saturated heterocycles. The van der Waals surface area contributed by atoms with Gasteiger partial charge in [0.25, 0.3) is 0 Å². The molecule has 2 aliphatic rings. The fraction of sp³-hybridized carbons (Fsp3) is 0.486. The first kappa shape index (κ1) is 33.1. The van der Waals surface area contributed by atoms with Crippen LogP contribution in [-0.2, 0) is 53.0 Å². The third-order valence-corrected chi connectivity index (χ3v) is 9.09. The highest BCUT2D eigenvalue weighted by Gasteiger charge is 2.51. The van der Waals surface area contributed by atoms with E-state index in [1.165, 1.54) is 0 Å². The van der Waals surface area contributed by atoms with Gasteiger partial charge in [-0.25, -0.2) is 0 Å². The number of hydrogen-bond donors (Lipinski definition) is 1. The Morgan fingerprint density at radius 2 is 1.09 bits per heavy atom. The van der Waals surface area contributed by atoms with Gasteiger partial charge in [0.2, 0.25) is 0 Å². The first-order valence-corrected chi connectivity index (χ1v) is 16.5. The number of nitrogens with two attached hydrogens (primary N) is 1. The molecule has 0 spiro atoms. The zero-order valence-corrected chi connectivity index (χ0v) is 26.7. The lowest BCUT2D eigenvalue weighted by molar-refractivity contribution is -0.332. The topological polar surface area (TPSA) is 90.6 Å². The standard InChI is InChI=1S/C35H45NO7S/c1-23-28(36)30(39-21-26-16-10-6-11-17-26)32(37-3)34(41-23)43-31-29(38-20-25-14-8-5-9-15-25)24(2)42-35(44-4)33(31)40-22-27-18-12-7-13-19-27/h5-19,23-24,28-35H,20-22,36H2,1-4H3/t23?,24?,28-,29+,30?,31?,32?,33?,34+,35+/m1/s1. The van der Waals surface area contributed by atoms with E-state index in [-0.39, 0.29) is 17.6 Å². The van der Waals surface area contributed by atoms with Gasteiger partial charge in [0.05, 0.1) is 38.1 Å². The average molecular weight is 624 g/mol. The lowest BCUT2D eigenvalue weighted by atomic mass is 9.96. The van der Waals surface area contributed by atoms with Gasteiger partial charge in [-0.1, -0.05) is 91.0 Å². The van der Waals surface area contributed by atoms with Crippen molar-refractivity contribution in [3.63, 3.8) is 0 Å². The summed E-state index contributed by atoms with van der Waals surface area (Å²) in [7, 11) is 1.63. The summed E-state index contributed by atoms with van der Waals surface area (Å²) in [6.45, 7) is 5.15. The second-order valence-electron chi connectivity index (χ2n) is 11.3. The van der Waals surface area contributed by atoms with Gasteiger partial charge < -0.3 is 38.9 Å². The zero-order valence-electron chi connectivity index (χ0n) is 25.9. The number of methoxy groups -OCH3 is 1. The molecule has 3 aromatic carbocycles. The molecule has 9 heteroatoms. The maximum atomic E-state index is 6.92.